The van der Waals surface area contributed by atoms with Crippen molar-refractivity contribution in [3.8, 4) is 0 Å². The lowest BCUT2D eigenvalue weighted by Gasteiger charge is -2.16. The zero-order valence-corrected chi connectivity index (χ0v) is 13.1. The topological polar surface area (TPSA) is 68.0 Å². The normalized spacial score (nSPS) is 12.5. The van der Waals surface area contributed by atoms with Crippen molar-refractivity contribution in [3.63, 3.8) is 0 Å². The third-order valence-electron chi connectivity index (χ3n) is 2.93. The van der Waals surface area contributed by atoms with E-state index in [9.17, 15) is 4.79 Å². The maximum Gasteiger partial charge on any atom is 0.313 e. The van der Waals surface area contributed by atoms with Crippen LogP contribution in [-0.4, -0.2) is 31.6 Å². The van der Waals surface area contributed by atoms with Crippen molar-refractivity contribution < 1.29 is 9.90 Å². The first kappa shape index (κ1) is 15.1. The largest absolute Gasteiger partial charge is 0.481 e. The fourth-order valence-corrected chi connectivity index (χ4v) is 3.51. The summed E-state index contributed by atoms with van der Waals surface area (Å²) in [6.07, 6.45) is 1.68. The van der Waals surface area contributed by atoms with E-state index in [4.69, 9.17) is 5.11 Å². The van der Waals surface area contributed by atoms with Gasteiger partial charge in [0.15, 0.2) is 5.16 Å². The number of thioether (sulfide) groups is 1. The highest BCUT2D eigenvalue weighted by Gasteiger charge is 2.18. The number of carboxylic acids is 1. The SMILES string of the molecule is CCc1nnc(SCC(=O)O)n1C(C)Cc1ccsc1. The molecule has 1 N–H and O–H groups in total. The monoisotopic (exact) mass is 311 g/mol. The van der Waals surface area contributed by atoms with E-state index in [-0.39, 0.29) is 11.8 Å². The summed E-state index contributed by atoms with van der Waals surface area (Å²) >= 11 is 2.91. The van der Waals surface area contributed by atoms with E-state index < -0.39 is 5.97 Å². The van der Waals surface area contributed by atoms with Crippen molar-refractivity contribution >= 4 is 29.1 Å². The van der Waals surface area contributed by atoms with Crippen molar-refractivity contribution in [1.82, 2.24) is 14.8 Å². The second kappa shape index (κ2) is 6.90. The minimum absolute atomic E-state index is 0.00696. The zero-order chi connectivity index (χ0) is 14.5. The van der Waals surface area contributed by atoms with Gasteiger partial charge in [0.05, 0.1) is 5.75 Å². The van der Waals surface area contributed by atoms with Crippen LogP contribution < -0.4 is 0 Å². The smallest absolute Gasteiger partial charge is 0.313 e. The van der Waals surface area contributed by atoms with Crippen LogP contribution in [-0.2, 0) is 17.6 Å². The second-order valence-electron chi connectivity index (χ2n) is 4.49. The number of thiophene rings is 1. The van der Waals surface area contributed by atoms with Crippen molar-refractivity contribution in [2.45, 2.75) is 37.9 Å². The Bertz CT molecular complexity index is 566. The van der Waals surface area contributed by atoms with E-state index in [2.05, 4.69) is 38.5 Å². The first-order valence-corrected chi connectivity index (χ1v) is 8.34. The number of carbonyl (C=O) groups is 1. The molecule has 7 heteroatoms. The van der Waals surface area contributed by atoms with Crippen LogP contribution in [0.3, 0.4) is 0 Å². The van der Waals surface area contributed by atoms with Crippen LogP contribution in [0.1, 0.15) is 31.3 Å². The van der Waals surface area contributed by atoms with Gasteiger partial charge in [-0.05, 0) is 35.7 Å². The summed E-state index contributed by atoms with van der Waals surface area (Å²) in [5.74, 6) is 0.0706. The molecule has 0 aliphatic heterocycles. The van der Waals surface area contributed by atoms with E-state index in [1.54, 1.807) is 11.3 Å². The van der Waals surface area contributed by atoms with Gasteiger partial charge >= 0.3 is 5.97 Å². The molecule has 0 aliphatic rings. The summed E-state index contributed by atoms with van der Waals surface area (Å²) in [5, 5.41) is 22.0. The quantitative estimate of drug-likeness (QED) is 0.796. The fourth-order valence-electron chi connectivity index (χ4n) is 2.06. The van der Waals surface area contributed by atoms with Gasteiger partial charge in [0.1, 0.15) is 5.82 Å². The number of hydrogen-bond donors (Lipinski definition) is 1. The van der Waals surface area contributed by atoms with E-state index in [1.807, 2.05) is 6.92 Å². The summed E-state index contributed by atoms with van der Waals surface area (Å²) in [6.45, 7) is 4.15. The van der Waals surface area contributed by atoms with Gasteiger partial charge in [-0.3, -0.25) is 4.79 Å². The van der Waals surface area contributed by atoms with E-state index >= 15 is 0 Å². The number of aryl methyl sites for hydroxylation is 1. The van der Waals surface area contributed by atoms with Gasteiger partial charge in [0, 0.05) is 12.5 Å². The molecule has 0 saturated carbocycles. The predicted molar refractivity (Wildman–Crippen MR) is 80.5 cm³/mol. The van der Waals surface area contributed by atoms with Crippen LogP contribution in [0, 0.1) is 0 Å². The van der Waals surface area contributed by atoms with Crippen LogP contribution >= 0.6 is 23.1 Å². The summed E-state index contributed by atoms with van der Waals surface area (Å²) in [5.41, 5.74) is 1.28. The van der Waals surface area contributed by atoms with Gasteiger partial charge in [0.25, 0.3) is 0 Å². The first-order valence-electron chi connectivity index (χ1n) is 6.41. The van der Waals surface area contributed by atoms with Crippen molar-refractivity contribution in [1.29, 1.82) is 0 Å². The average Bonchev–Trinajstić information content (AvgIpc) is 3.04. The van der Waals surface area contributed by atoms with E-state index in [0.29, 0.717) is 5.16 Å². The van der Waals surface area contributed by atoms with Gasteiger partial charge in [-0.1, -0.05) is 18.7 Å². The van der Waals surface area contributed by atoms with E-state index in [1.165, 1.54) is 17.3 Å². The summed E-state index contributed by atoms with van der Waals surface area (Å²) in [6, 6.07) is 2.33. The number of nitrogens with zero attached hydrogens (tertiary/aromatic N) is 3. The molecule has 0 radical (unpaired) electrons. The molecule has 2 rings (SSSR count). The maximum atomic E-state index is 10.7. The molecule has 0 spiro atoms. The Labute approximate surface area is 126 Å². The van der Waals surface area contributed by atoms with Crippen LogP contribution in [0.25, 0.3) is 0 Å². The van der Waals surface area contributed by atoms with Crippen molar-refractivity contribution in [3.05, 3.63) is 28.2 Å². The minimum atomic E-state index is -0.840. The van der Waals surface area contributed by atoms with Gasteiger partial charge < -0.3 is 9.67 Å². The lowest BCUT2D eigenvalue weighted by Crippen LogP contribution is -2.13. The molecule has 0 saturated heterocycles. The molecular formula is C13H17N3O2S2. The number of aromatic nitrogens is 3. The molecule has 20 heavy (non-hydrogen) atoms. The van der Waals surface area contributed by atoms with Gasteiger partial charge in [-0.2, -0.15) is 11.3 Å². The lowest BCUT2D eigenvalue weighted by molar-refractivity contribution is -0.133. The third kappa shape index (κ3) is 3.61. The number of hydrogen-bond acceptors (Lipinski definition) is 5. The molecule has 0 aliphatic carbocycles. The average molecular weight is 311 g/mol. The second-order valence-corrected chi connectivity index (χ2v) is 6.21. The Balaban J connectivity index is 2.18. The Morgan fingerprint density at radius 1 is 1.55 bits per heavy atom. The van der Waals surface area contributed by atoms with Crippen molar-refractivity contribution in [2.24, 2.45) is 0 Å². The minimum Gasteiger partial charge on any atom is -0.481 e. The molecule has 0 amide bonds. The zero-order valence-electron chi connectivity index (χ0n) is 11.4. The standard InChI is InChI=1S/C13H17N3O2S2/c1-3-11-14-15-13(20-8-12(17)18)16(11)9(2)6-10-4-5-19-7-10/h4-5,7,9H,3,6,8H2,1-2H3,(H,17,18). The molecule has 2 heterocycles. The molecule has 108 valence electrons. The molecule has 1 atom stereocenters. The Morgan fingerprint density at radius 3 is 2.95 bits per heavy atom. The van der Waals surface area contributed by atoms with E-state index in [0.717, 1.165) is 18.7 Å². The van der Waals surface area contributed by atoms with Crippen LogP contribution in [0.5, 0.6) is 0 Å². The molecule has 0 fully saturated rings. The predicted octanol–water partition coefficient (Wildman–Crippen LogP) is 2.88. The molecule has 5 nitrogen and oxygen atoms in total. The van der Waals surface area contributed by atoms with Gasteiger partial charge in [-0.25, -0.2) is 0 Å². The highest BCUT2D eigenvalue weighted by molar-refractivity contribution is 7.99. The highest BCUT2D eigenvalue weighted by atomic mass is 32.2. The Kier molecular flexibility index (Phi) is 5.19. The molecule has 0 bridgehead atoms. The first-order chi connectivity index (χ1) is 9.61. The van der Waals surface area contributed by atoms with Gasteiger partial charge in [0.2, 0.25) is 0 Å². The summed E-state index contributed by atoms with van der Waals surface area (Å²) < 4.78 is 2.06. The highest BCUT2D eigenvalue weighted by Crippen LogP contribution is 2.25. The molecule has 0 aromatic carbocycles. The number of aliphatic carboxylic acids is 1. The van der Waals surface area contributed by atoms with Crippen LogP contribution in [0.2, 0.25) is 0 Å². The Morgan fingerprint density at radius 2 is 2.35 bits per heavy atom. The summed E-state index contributed by atoms with van der Waals surface area (Å²) in [7, 11) is 0. The Hall–Kier alpha value is -1.34. The number of rotatable bonds is 7. The van der Waals surface area contributed by atoms with Crippen molar-refractivity contribution in [2.75, 3.05) is 5.75 Å². The van der Waals surface area contributed by atoms with Gasteiger partial charge in [-0.15, -0.1) is 10.2 Å². The fraction of sp³-hybridized carbons (Fsp3) is 0.462. The molecule has 2 aromatic rings. The molecule has 1 unspecified atom stereocenters. The van der Waals surface area contributed by atoms with Crippen LogP contribution in [0.15, 0.2) is 22.0 Å². The lowest BCUT2D eigenvalue weighted by atomic mass is 10.1. The molecule has 2 aromatic heterocycles. The maximum absolute atomic E-state index is 10.7. The van der Waals surface area contributed by atoms with Crippen LogP contribution in [0.4, 0.5) is 0 Å². The number of carboxylic acid groups (broad SMARTS) is 1. The third-order valence-corrected chi connectivity index (χ3v) is 4.59. The summed E-state index contributed by atoms with van der Waals surface area (Å²) in [4.78, 5) is 10.7. The molecular weight excluding hydrogens is 294 g/mol.